The zero-order valence-electron chi connectivity index (χ0n) is 15.8. The third-order valence-electron chi connectivity index (χ3n) is 4.08. The molecule has 2 N–H and O–H groups in total. The average Bonchev–Trinajstić information content (AvgIpc) is 2.84. The van der Waals surface area contributed by atoms with Crippen molar-refractivity contribution in [3.8, 4) is 5.75 Å². The quantitative estimate of drug-likeness (QED) is 0.552. The largest absolute Gasteiger partial charge is 0.434 e. The van der Waals surface area contributed by atoms with Gasteiger partial charge in [-0.2, -0.15) is 13.9 Å². The fourth-order valence-electron chi connectivity index (χ4n) is 2.63. The van der Waals surface area contributed by atoms with Gasteiger partial charge in [0.05, 0.1) is 12.2 Å². The van der Waals surface area contributed by atoms with E-state index in [9.17, 15) is 8.78 Å². The van der Waals surface area contributed by atoms with E-state index in [1.165, 1.54) is 12.1 Å². The topological polar surface area (TPSA) is 63.5 Å². The number of aromatic nitrogens is 2. The van der Waals surface area contributed by atoms with Crippen molar-refractivity contribution in [2.24, 2.45) is 12.0 Å². The molecule has 0 saturated heterocycles. The number of aryl methyl sites for hydroxylation is 2. The second-order valence-corrected chi connectivity index (χ2v) is 6.39. The molecular formula is C18H24ClF2N5O. The zero-order chi connectivity index (χ0) is 20.0. The maximum absolute atomic E-state index is 12.6. The van der Waals surface area contributed by atoms with Gasteiger partial charge in [-0.3, -0.25) is 4.68 Å². The highest BCUT2D eigenvalue weighted by molar-refractivity contribution is 6.30. The van der Waals surface area contributed by atoms with E-state index < -0.39 is 6.61 Å². The molecule has 0 atom stereocenters. The second kappa shape index (κ2) is 9.55. The molecule has 0 amide bonds. The minimum Gasteiger partial charge on any atom is -0.434 e. The molecule has 0 aliphatic carbocycles. The van der Waals surface area contributed by atoms with Crippen LogP contribution in [0.15, 0.2) is 23.2 Å². The van der Waals surface area contributed by atoms with Crippen LogP contribution in [0.2, 0.25) is 5.02 Å². The monoisotopic (exact) mass is 399 g/mol. The van der Waals surface area contributed by atoms with E-state index in [-0.39, 0.29) is 12.3 Å². The molecule has 1 aromatic heterocycles. The maximum Gasteiger partial charge on any atom is 0.387 e. The van der Waals surface area contributed by atoms with Crippen LogP contribution >= 0.6 is 11.6 Å². The lowest BCUT2D eigenvalue weighted by atomic mass is 10.2. The predicted octanol–water partition coefficient (Wildman–Crippen LogP) is 3.55. The number of aliphatic imine (C=N–C) groups is 1. The Labute approximate surface area is 162 Å². The van der Waals surface area contributed by atoms with Gasteiger partial charge < -0.3 is 15.4 Å². The Morgan fingerprint density at radius 1 is 1.33 bits per heavy atom. The molecular weight excluding hydrogens is 376 g/mol. The van der Waals surface area contributed by atoms with E-state index in [0.717, 1.165) is 17.0 Å². The van der Waals surface area contributed by atoms with Crippen molar-refractivity contribution in [1.29, 1.82) is 0 Å². The molecule has 0 radical (unpaired) electrons. The average molecular weight is 400 g/mol. The lowest BCUT2D eigenvalue weighted by Crippen LogP contribution is -2.37. The van der Waals surface area contributed by atoms with E-state index in [2.05, 4.69) is 25.5 Å². The molecule has 0 aliphatic heterocycles. The third kappa shape index (κ3) is 5.82. The van der Waals surface area contributed by atoms with Crippen LogP contribution in [0.5, 0.6) is 5.75 Å². The molecule has 2 rings (SSSR count). The third-order valence-corrected chi connectivity index (χ3v) is 4.32. The van der Waals surface area contributed by atoms with E-state index in [0.29, 0.717) is 29.6 Å². The van der Waals surface area contributed by atoms with Crippen molar-refractivity contribution in [1.82, 2.24) is 20.4 Å². The number of hydrogen-bond donors (Lipinski definition) is 2. The molecule has 0 spiro atoms. The van der Waals surface area contributed by atoms with Crippen molar-refractivity contribution in [2.75, 3.05) is 6.54 Å². The first-order chi connectivity index (χ1) is 12.8. The summed E-state index contributed by atoms with van der Waals surface area (Å²) in [6.45, 7) is 4.34. The lowest BCUT2D eigenvalue weighted by Gasteiger charge is -2.13. The molecule has 0 bridgehead atoms. The Morgan fingerprint density at radius 2 is 2.07 bits per heavy atom. The lowest BCUT2D eigenvalue weighted by molar-refractivity contribution is -0.0504. The molecule has 1 heterocycles. The Balaban J connectivity index is 2.14. The Hall–Kier alpha value is -2.35. The number of rotatable bonds is 7. The van der Waals surface area contributed by atoms with Gasteiger partial charge in [0.15, 0.2) is 5.96 Å². The molecule has 148 valence electrons. The highest BCUT2D eigenvalue weighted by Crippen LogP contribution is 2.25. The molecule has 0 fully saturated rings. The Kier molecular flexibility index (Phi) is 7.41. The second-order valence-electron chi connectivity index (χ2n) is 5.95. The number of ether oxygens (including phenoxy) is 1. The van der Waals surface area contributed by atoms with E-state index >= 15 is 0 Å². The van der Waals surface area contributed by atoms with Gasteiger partial charge in [0, 0.05) is 42.0 Å². The van der Waals surface area contributed by atoms with Gasteiger partial charge in [0.25, 0.3) is 0 Å². The molecule has 6 nitrogen and oxygen atoms in total. The Bertz CT molecular complexity index is 807. The summed E-state index contributed by atoms with van der Waals surface area (Å²) in [6.07, 6.45) is 0. The highest BCUT2D eigenvalue weighted by Gasteiger charge is 2.12. The summed E-state index contributed by atoms with van der Waals surface area (Å²) in [6, 6.07) is 4.49. The molecule has 0 unspecified atom stereocenters. The summed E-state index contributed by atoms with van der Waals surface area (Å²) in [5.41, 5.74) is 3.58. The van der Waals surface area contributed by atoms with Gasteiger partial charge in [-0.15, -0.1) is 0 Å². The van der Waals surface area contributed by atoms with E-state index in [4.69, 9.17) is 11.6 Å². The summed E-state index contributed by atoms with van der Waals surface area (Å²) in [5.74, 6) is 0.621. The molecule has 9 heteroatoms. The minimum atomic E-state index is -2.91. The zero-order valence-corrected chi connectivity index (χ0v) is 16.6. The fourth-order valence-corrected chi connectivity index (χ4v) is 2.83. The van der Waals surface area contributed by atoms with Crippen LogP contribution in [0.4, 0.5) is 8.78 Å². The van der Waals surface area contributed by atoms with Crippen LogP contribution in [0.1, 0.15) is 29.4 Å². The first-order valence-corrected chi connectivity index (χ1v) is 8.94. The summed E-state index contributed by atoms with van der Waals surface area (Å²) in [5, 5.41) is 11.2. The molecule has 0 aliphatic rings. The number of alkyl halides is 2. The van der Waals surface area contributed by atoms with Crippen molar-refractivity contribution < 1.29 is 13.5 Å². The standard InChI is InChI=1S/C18H24ClF2N5O/c1-5-22-18(24-10-15-11(2)25-26(4)12(15)3)23-9-13-8-14(19)6-7-16(13)27-17(20)21/h6-8,17H,5,9-10H2,1-4H3,(H2,22,23,24). The molecule has 0 saturated carbocycles. The van der Waals surface area contributed by atoms with Crippen LogP contribution in [0.25, 0.3) is 0 Å². The molecule has 27 heavy (non-hydrogen) atoms. The summed E-state index contributed by atoms with van der Waals surface area (Å²) >= 11 is 5.98. The van der Waals surface area contributed by atoms with Crippen molar-refractivity contribution in [3.05, 3.63) is 45.7 Å². The van der Waals surface area contributed by atoms with Crippen LogP contribution in [-0.2, 0) is 20.1 Å². The first-order valence-electron chi connectivity index (χ1n) is 8.56. The van der Waals surface area contributed by atoms with Gasteiger partial charge in [0.2, 0.25) is 0 Å². The van der Waals surface area contributed by atoms with Crippen LogP contribution < -0.4 is 15.4 Å². The smallest absolute Gasteiger partial charge is 0.387 e. The van der Waals surface area contributed by atoms with Crippen molar-refractivity contribution >= 4 is 17.6 Å². The van der Waals surface area contributed by atoms with Gasteiger partial charge in [-0.25, -0.2) is 4.99 Å². The number of halogens is 3. The van der Waals surface area contributed by atoms with Gasteiger partial charge in [0.1, 0.15) is 5.75 Å². The first kappa shape index (κ1) is 21.0. The van der Waals surface area contributed by atoms with Crippen LogP contribution in [-0.4, -0.2) is 28.9 Å². The van der Waals surface area contributed by atoms with Gasteiger partial charge in [-0.05, 0) is 39.0 Å². The van der Waals surface area contributed by atoms with Crippen LogP contribution in [0.3, 0.4) is 0 Å². The summed E-state index contributed by atoms with van der Waals surface area (Å²) < 4.78 is 31.5. The van der Waals surface area contributed by atoms with Gasteiger partial charge in [-0.1, -0.05) is 11.6 Å². The normalized spacial score (nSPS) is 11.8. The van der Waals surface area contributed by atoms with Crippen molar-refractivity contribution in [2.45, 2.75) is 40.5 Å². The fraction of sp³-hybridized carbons (Fsp3) is 0.444. The number of nitrogens with zero attached hydrogens (tertiary/aromatic N) is 3. The Morgan fingerprint density at radius 3 is 2.67 bits per heavy atom. The predicted molar refractivity (Wildman–Crippen MR) is 102 cm³/mol. The number of benzene rings is 1. The number of guanidine groups is 1. The number of nitrogens with one attached hydrogen (secondary N) is 2. The maximum atomic E-state index is 12.6. The van der Waals surface area contributed by atoms with E-state index in [1.54, 1.807) is 6.07 Å². The van der Waals surface area contributed by atoms with Crippen LogP contribution in [0, 0.1) is 13.8 Å². The van der Waals surface area contributed by atoms with Crippen molar-refractivity contribution in [3.63, 3.8) is 0 Å². The summed E-state index contributed by atoms with van der Waals surface area (Å²) in [4.78, 5) is 4.46. The van der Waals surface area contributed by atoms with Gasteiger partial charge >= 0.3 is 6.61 Å². The molecule has 1 aromatic carbocycles. The number of hydrogen-bond acceptors (Lipinski definition) is 3. The highest BCUT2D eigenvalue weighted by atomic mass is 35.5. The molecule has 2 aromatic rings. The SMILES string of the molecule is CCNC(=NCc1cc(Cl)ccc1OC(F)F)NCc1c(C)nn(C)c1C. The summed E-state index contributed by atoms with van der Waals surface area (Å²) in [7, 11) is 1.90. The minimum absolute atomic E-state index is 0.0629. The van der Waals surface area contributed by atoms with E-state index in [1.807, 2.05) is 32.5 Å².